The Bertz CT molecular complexity index is 300. The molecule has 0 amide bonds. The van der Waals surface area contributed by atoms with Crippen molar-refractivity contribution in [1.82, 2.24) is 0 Å². The fourth-order valence-corrected chi connectivity index (χ4v) is 1.61. The Hall–Kier alpha value is -0.730. The molecule has 1 atom stereocenters. The number of benzene rings is 1. The number of rotatable bonds is 4. The van der Waals surface area contributed by atoms with Gasteiger partial charge >= 0.3 is 0 Å². The molecule has 0 radical (unpaired) electrons. The zero-order valence-corrected chi connectivity index (χ0v) is 10.4. The number of hydrogen-bond donors (Lipinski definition) is 1. The highest BCUT2D eigenvalue weighted by molar-refractivity contribution is 5.85. The van der Waals surface area contributed by atoms with E-state index in [0.29, 0.717) is 0 Å². The Morgan fingerprint density at radius 2 is 2.07 bits per heavy atom. The normalized spacial score (nSPS) is 11.7. The minimum absolute atomic E-state index is 0. The van der Waals surface area contributed by atoms with Crippen LogP contribution in [-0.4, -0.2) is 13.2 Å². The minimum atomic E-state index is 0. The molecule has 0 heterocycles. The van der Waals surface area contributed by atoms with Crippen LogP contribution in [0.1, 0.15) is 25.0 Å². The molecule has 2 N–H and O–H groups in total. The first kappa shape index (κ1) is 14.3. The molecule has 0 aromatic heterocycles. The number of methoxy groups -OCH3 is 1. The highest BCUT2D eigenvalue weighted by atomic mass is 35.5. The Morgan fingerprint density at radius 1 is 1.40 bits per heavy atom. The molecule has 0 fully saturated rings. The molecular formula is C12H20ClNO. The van der Waals surface area contributed by atoms with Crippen LogP contribution in [0.2, 0.25) is 0 Å². The third kappa shape index (κ3) is 4.10. The van der Waals surface area contributed by atoms with Gasteiger partial charge in [-0.2, -0.15) is 0 Å². The van der Waals surface area contributed by atoms with Crippen molar-refractivity contribution in [2.75, 3.05) is 7.11 Å². The van der Waals surface area contributed by atoms with Crippen molar-refractivity contribution in [1.29, 1.82) is 0 Å². The summed E-state index contributed by atoms with van der Waals surface area (Å²) in [5.41, 5.74) is 8.30. The van der Waals surface area contributed by atoms with Crippen molar-refractivity contribution >= 4 is 12.4 Å². The zero-order valence-electron chi connectivity index (χ0n) is 9.62. The van der Waals surface area contributed by atoms with Gasteiger partial charge in [-0.25, -0.2) is 0 Å². The van der Waals surface area contributed by atoms with E-state index < -0.39 is 0 Å². The summed E-state index contributed by atoms with van der Waals surface area (Å²) in [6, 6.07) is 6.51. The van der Waals surface area contributed by atoms with E-state index in [4.69, 9.17) is 10.5 Å². The number of ether oxygens (including phenoxy) is 1. The number of aryl methyl sites for hydroxylation is 1. The quantitative estimate of drug-likeness (QED) is 0.862. The Morgan fingerprint density at radius 3 is 2.53 bits per heavy atom. The SMILES string of the molecule is CCc1cc(CC(C)N)ccc1OC.Cl. The Balaban J connectivity index is 0.00000196. The van der Waals surface area contributed by atoms with E-state index in [1.54, 1.807) is 7.11 Å². The summed E-state index contributed by atoms with van der Waals surface area (Å²) in [6.07, 6.45) is 1.92. The van der Waals surface area contributed by atoms with Gasteiger partial charge in [-0.3, -0.25) is 0 Å². The van der Waals surface area contributed by atoms with Crippen LogP contribution in [-0.2, 0) is 12.8 Å². The van der Waals surface area contributed by atoms with Gasteiger partial charge < -0.3 is 10.5 Å². The van der Waals surface area contributed by atoms with Crippen LogP contribution >= 0.6 is 12.4 Å². The average molecular weight is 230 g/mol. The lowest BCUT2D eigenvalue weighted by molar-refractivity contribution is 0.410. The molecule has 0 spiro atoms. The average Bonchev–Trinajstić information content (AvgIpc) is 2.16. The van der Waals surface area contributed by atoms with Gasteiger partial charge in [-0.1, -0.05) is 19.1 Å². The molecule has 1 unspecified atom stereocenters. The highest BCUT2D eigenvalue weighted by Crippen LogP contribution is 2.20. The maximum atomic E-state index is 5.76. The molecule has 86 valence electrons. The van der Waals surface area contributed by atoms with Crippen LogP contribution < -0.4 is 10.5 Å². The van der Waals surface area contributed by atoms with E-state index in [9.17, 15) is 0 Å². The molecule has 0 aliphatic carbocycles. The first-order valence-corrected chi connectivity index (χ1v) is 5.08. The smallest absolute Gasteiger partial charge is 0.122 e. The van der Waals surface area contributed by atoms with Gasteiger partial charge in [-0.05, 0) is 37.0 Å². The predicted octanol–water partition coefficient (Wildman–Crippen LogP) is 2.57. The second kappa shape index (κ2) is 6.70. The molecule has 1 rings (SSSR count). The van der Waals surface area contributed by atoms with E-state index in [-0.39, 0.29) is 18.4 Å². The zero-order chi connectivity index (χ0) is 10.6. The fourth-order valence-electron chi connectivity index (χ4n) is 1.61. The fraction of sp³-hybridized carbons (Fsp3) is 0.500. The maximum absolute atomic E-state index is 5.76. The van der Waals surface area contributed by atoms with E-state index >= 15 is 0 Å². The van der Waals surface area contributed by atoms with Crippen molar-refractivity contribution in [3.63, 3.8) is 0 Å². The van der Waals surface area contributed by atoms with Crippen molar-refractivity contribution < 1.29 is 4.74 Å². The van der Waals surface area contributed by atoms with Gasteiger partial charge in [0.05, 0.1) is 7.11 Å². The number of nitrogens with two attached hydrogens (primary N) is 1. The second-order valence-corrected chi connectivity index (χ2v) is 3.68. The molecule has 1 aromatic carbocycles. The van der Waals surface area contributed by atoms with Gasteiger partial charge in [0.2, 0.25) is 0 Å². The molecule has 0 saturated heterocycles. The van der Waals surface area contributed by atoms with Crippen molar-refractivity contribution in [2.45, 2.75) is 32.7 Å². The molecule has 0 saturated carbocycles. The summed E-state index contributed by atoms with van der Waals surface area (Å²) in [5, 5.41) is 0. The summed E-state index contributed by atoms with van der Waals surface area (Å²) < 4.78 is 5.26. The largest absolute Gasteiger partial charge is 0.496 e. The monoisotopic (exact) mass is 229 g/mol. The first-order valence-electron chi connectivity index (χ1n) is 5.08. The summed E-state index contributed by atoms with van der Waals surface area (Å²) in [4.78, 5) is 0. The van der Waals surface area contributed by atoms with Gasteiger partial charge in [0, 0.05) is 6.04 Å². The van der Waals surface area contributed by atoms with E-state index in [1.165, 1.54) is 11.1 Å². The Kier molecular flexibility index (Phi) is 6.37. The van der Waals surface area contributed by atoms with Gasteiger partial charge in [0.1, 0.15) is 5.75 Å². The van der Waals surface area contributed by atoms with Crippen LogP contribution in [0.15, 0.2) is 18.2 Å². The van der Waals surface area contributed by atoms with Crippen molar-refractivity contribution in [2.24, 2.45) is 5.73 Å². The molecule has 0 aliphatic rings. The van der Waals surface area contributed by atoms with E-state index in [0.717, 1.165) is 18.6 Å². The second-order valence-electron chi connectivity index (χ2n) is 3.68. The number of halogens is 1. The van der Waals surface area contributed by atoms with Crippen molar-refractivity contribution in [3.8, 4) is 5.75 Å². The molecule has 3 heteroatoms. The third-order valence-corrected chi connectivity index (χ3v) is 2.28. The predicted molar refractivity (Wildman–Crippen MR) is 67.0 cm³/mol. The maximum Gasteiger partial charge on any atom is 0.122 e. The van der Waals surface area contributed by atoms with Crippen LogP contribution in [0.4, 0.5) is 0 Å². The van der Waals surface area contributed by atoms with Crippen LogP contribution in [0.3, 0.4) is 0 Å². The molecule has 15 heavy (non-hydrogen) atoms. The van der Waals surface area contributed by atoms with Gasteiger partial charge in [0.15, 0.2) is 0 Å². The first-order chi connectivity index (χ1) is 6.67. The standard InChI is InChI=1S/C12H19NO.ClH/c1-4-11-8-10(7-9(2)13)5-6-12(11)14-3;/h5-6,8-9H,4,7,13H2,1-3H3;1H. The van der Waals surface area contributed by atoms with Crippen LogP contribution in [0, 0.1) is 0 Å². The third-order valence-electron chi connectivity index (χ3n) is 2.28. The van der Waals surface area contributed by atoms with Crippen LogP contribution in [0.5, 0.6) is 5.75 Å². The summed E-state index contributed by atoms with van der Waals surface area (Å²) in [5.74, 6) is 0.973. The van der Waals surface area contributed by atoms with Gasteiger partial charge in [0.25, 0.3) is 0 Å². The molecule has 2 nitrogen and oxygen atoms in total. The lowest BCUT2D eigenvalue weighted by atomic mass is 10.0. The lowest BCUT2D eigenvalue weighted by Gasteiger charge is -2.10. The topological polar surface area (TPSA) is 35.2 Å². The summed E-state index contributed by atoms with van der Waals surface area (Å²) in [6.45, 7) is 4.16. The summed E-state index contributed by atoms with van der Waals surface area (Å²) in [7, 11) is 1.71. The minimum Gasteiger partial charge on any atom is -0.496 e. The van der Waals surface area contributed by atoms with E-state index in [1.807, 2.05) is 13.0 Å². The highest BCUT2D eigenvalue weighted by Gasteiger charge is 2.03. The van der Waals surface area contributed by atoms with Crippen molar-refractivity contribution in [3.05, 3.63) is 29.3 Å². The van der Waals surface area contributed by atoms with Gasteiger partial charge in [-0.15, -0.1) is 12.4 Å². The number of hydrogen-bond acceptors (Lipinski definition) is 2. The Labute approximate surface area is 98.2 Å². The summed E-state index contributed by atoms with van der Waals surface area (Å²) >= 11 is 0. The molecule has 0 aliphatic heterocycles. The van der Waals surface area contributed by atoms with E-state index in [2.05, 4.69) is 19.1 Å². The van der Waals surface area contributed by atoms with Crippen LogP contribution in [0.25, 0.3) is 0 Å². The molecule has 1 aromatic rings. The molecular weight excluding hydrogens is 210 g/mol. The lowest BCUT2D eigenvalue weighted by Crippen LogP contribution is -2.17. The molecule has 0 bridgehead atoms.